The van der Waals surface area contributed by atoms with Crippen LogP contribution < -0.4 is 4.83 Å². The molecule has 4 nitrogen and oxygen atoms in total. The molecule has 0 heterocycles. The van der Waals surface area contributed by atoms with Crippen molar-refractivity contribution in [2.75, 3.05) is 0 Å². The van der Waals surface area contributed by atoms with E-state index < -0.39 is 10.0 Å². The standard InChI is InChI=1S/C17H22N2O2S/c1-17(2,3)13-7-9-14(10-8-13)22(20,21)19-18-16-11-12-5-4-6-15(12)16/h4-5,7-10,12,15,19H,6,11H2,1-3H3/b18-16-/t12-,15+/m0/s1. The van der Waals surface area contributed by atoms with Crippen molar-refractivity contribution in [3.8, 4) is 0 Å². The second kappa shape index (κ2) is 5.23. The van der Waals surface area contributed by atoms with E-state index in [9.17, 15) is 8.42 Å². The number of sulfonamides is 1. The predicted octanol–water partition coefficient (Wildman–Crippen LogP) is 3.21. The first-order chi connectivity index (χ1) is 10.3. The Morgan fingerprint density at radius 3 is 2.45 bits per heavy atom. The summed E-state index contributed by atoms with van der Waals surface area (Å²) in [5, 5.41) is 4.13. The number of rotatable bonds is 3. The summed E-state index contributed by atoms with van der Waals surface area (Å²) in [5.74, 6) is 0.972. The number of hydrogen-bond acceptors (Lipinski definition) is 3. The van der Waals surface area contributed by atoms with E-state index in [1.54, 1.807) is 12.1 Å². The summed E-state index contributed by atoms with van der Waals surface area (Å²) >= 11 is 0. The molecule has 0 radical (unpaired) electrons. The molecule has 1 saturated carbocycles. The van der Waals surface area contributed by atoms with Crippen LogP contribution in [0.1, 0.15) is 39.2 Å². The lowest BCUT2D eigenvalue weighted by Gasteiger charge is -2.31. The van der Waals surface area contributed by atoms with Crippen molar-refractivity contribution in [2.45, 2.75) is 43.9 Å². The minimum Gasteiger partial charge on any atom is -0.200 e. The number of allylic oxidation sites excluding steroid dienone is 2. The molecule has 0 saturated heterocycles. The van der Waals surface area contributed by atoms with Crippen molar-refractivity contribution in [3.05, 3.63) is 42.0 Å². The third kappa shape index (κ3) is 2.82. The van der Waals surface area contributed by atoms with Gasteiger partial charge in [0.1, 0.15) is 0 Å². The Morgan fingerprint density at radius 2 is 1.86 bits per heavy atom. The number of hydrazone groups is 1. The van der Waals surface area contributed by atoms with Gasteiger partial charge < -0.3 is 0 Å². The molecule has 0 amide bonds. The van der Waals surface area contributed by atoms with Gasteiger partial charge in [-0.2, -0.15) is 13.5 Å². The van der Waals surface area contributed by atoms with Crippen LogP contribution in [0.2, 0.25) is 0 Å². The first-order valence-corrected chi connectivity index (χ1v) is 9.11. The summed E-state index contributed by atoms with van der Waals surface area (Å²) in [7, 11) is -3.58. The number of nitrogens with one attached hydrogen (secondary N) is 1. The molecule has 0 aromatic heterocycles. The Labute approximate surface area is 132 Å². The Bertz CT molecular complexity index is 725. The molecule has 1 aromatic carbocycles. The predicted molar refractivity (Wildman–Crippen MR) is 88.3 cm³/mol. The molecule has 2 aliphatic carbocycles. The van der Waals surface area contributed by atoms with Gasteiger partial charge in [-0.1, -0.05) is 45.1 Å². The van der Waals surface area contributed by atoms with Gasteiger partial charge in [0.05, 0.1) is 4.90 Å². The molecular formula is C17H22N2O2S. The summed E-state index contributed by atoms with van der Waals surface area (Å²) in [6.07, 6.45) is 6.19. The molecule has 1 N–H and O–H groups in total. The third-order valence-corrected chi connectivity index (χ3v) is 5.73. The van der Waals surface area contributed by atoms with E-state index in [2.05, 4.69) is 42.9 Å². The normalized spacial score (nSPS) is 25.9. The van der Waals surface area contributed by atoms with E-state index in [4.69, 9.17) is 0 Å². The quantitative estimate of drug-likeness (QED) is 0.687. The monoisotopic (exact) mass is 318 g/mol. The summed E-state index contributed by atoms with van der Waals surface area (Å²) in [6, 6.07) is 7.01. The zero-order valence-corrected chi connectivity index (χ0v) is 14.0. The fourth-order valence-electron chi connectivity index (χ4n) is 2.97. The lowest BCUT2D eigenvalue weighted by molar-refractivity contribution is 0.463. The van der Waals surface area contributed by atoms with Crippen molar-refractivity contribution < 1.29 is 8.42 Å². The van der Waals surface area contributed by atoms with Crippen LogP contribution in [0.15, 0.2) is 46.4 Å². The Morgan fingerprint density at radius 1 is 1.18 bits per heavy atom. The third-order valence-electron chi connectivity index (χ3n) is 4.50. The molecule has 0 aliphatic heterocycles. The van der Waals surface area contributed by atoms with Crippen LogP contribution in [0, 0.1) is 11.8 Å². The molecule has 0 bridgehead atoms. The first kappa shape index (κ1) is 15.3. The molecule has 3 rings (SSSR count). The molecule has 2 aliphatic rings. The largest absolute Gasteiger partial charge is 0.276 e. The molecule has 5 heteroatoms. The average Bonchev–Trinajstić information content (AvgIpc) is 2.79. The van der Waals surface area contributed by atoms with E-state index in [1.165, 1.54) is 0 Å². The van der Waals surface area contributed by atoms with E-state index >= 15 is 0 Å². The van der Waals surface area contributed by atoms with Gasteiger partial charge in [0.15, 0.2) is 0 Å². The molecule has 0 spiro atoms. The summed E-state index contributed by atoms with van der Waals surface area (Å²) in [5.41, 5.74) is 2.08. The maximum Gasteiger partial charge on any atom is 0.276 e. The van der Waals surface area contributed by atoms with Crippen LogP contribution in [0.3, 0.4) is 0 Å². The van der Waals surface area contributed by atoms with Crippen LogP contribution >= 0.6 is 0 Å². The lowest BCUT2D eigenvalue weighted by atomic mass is 9.74. The zero-order chi connectivity index (χ0) is 16.0. The summed E-state index contributed by atoms with van der Waals surface area (Å²) < 4.78 is 24.6. The van der Waals surface area contributed by atoms with Crippen LogP contribution in [0.25, 0.3) is 0 Å². The van der Waals surface area contributed by atoms with Crippen molar-refractivity contribution in [3.63, 3.8) is 0 Å². The molecule has 0 unspecified atom stereocenters. The summed E-state index contributed by atoms with van der Waals surface area (Å²) in [6.45, 7) is 6.30. The van der Waals surface area contributed by atoms with Gasteiger partial charge >= 0.3 is 0 Å². The summed E-state index contributed by atoms with van der Waals surface area (Å²) in [4.78, 5) is 2.64. The highest BCUT2D eigenvalue weighted by molar-refractivity contribution is 7.89. The van der Waals surface area contributed by atoms with Crippen molar-refractivity contribution >= 4 is 15.7 Å². The fraction of sp³-hybridized carbons (Fsp3) is 0.471. The van der Waals surface area contributed by atoms with Crippen molar-refractivity contribution in [1.29, 1.82) is 0 Å². The van der Waals surface area contributed by atoms with Crippen molar-refractivity contribution in [2.24, 2.45) is 16.9 Å². The van der Waals surface area contributed by atoms with Gasteiger partial charge in [-0.25, -0.2) is 4.83 Å². The second-order valence-corrected chi connectivity index (χ2v) is 8.77. The Balaban J connectivity index is 1.72. The SMILES string of the molecule is CC(C)(C)c1ccc(S(=O)(=O)N/N=C2/C[C@@H]3C=CC[C@@H]23)cc1. The van der Waals surface area contributed by atoms with Gasteiger partial charge in [-0.05, 0) is 41.9 Å². The highest BCUT2D eigenvalue weighted by Gasteiger charge is 2.38. The minimum atomic E-state index is -3.58. The molecule has 2 atom stereocenters. The number of hydrogen-bond donors (Lipinski definition) is 1. The topological polar surface area (TPSA) is 58.5 Å². The molecule has 22 heavy (non-hydrogen) atoms. The molecule has 1 aromatic rings. The van der Waals surface area contributed by atoms with Gasteiger partial charge in [0.2, 0.25) is 0 Å². The Kier molecular flexibility index (Phi) is 3.63. The lowest BCUT2D eigenvalue weighted by Crippen LogP contribution is -2.35. The van der Waals surface area contributed by atoms with Crippen molar-refractivity contribution in [1.82, 2.24) is 4.83 Å². The van der Waals surface area contributed by atoms with Crippen LogP contribution in [-0.2, 0) is 15.4 Å². The van der Waals surface area contributed by atoms with Crippen LogP contribution in [0.5, 0.6) is 0 Å². The molecule has 1 fully saturated rings. The highest BCUT2D eigenvalue weighted by atomic mass is 32.2. The first-order valence-electron chi connectivity index (χ1n) is 7.63. The van der Waals surface area contributed by atoms with Gasteiger partial charge in [-0.3, -0.25) is 0 Å². The van der Waals surface area contributed by atoms with E-state index in [1.807, 2.05) is 12.1 Å². The van der Waals surface area contributed by atoms with Crippen LogP contribution in [-0.4, -0.2) is 14.1 Å². The fourth-order valence-corrected chi connectivity index (χ4v) is 3.81. The second-order valence-electron chi connectivity index (χ2n) is 7.11. The van der Waals surface area contributed by atoms with E-state index in [0.29, 0.717) is 11.8 Å². The maximum atomic E-state index is 12.3. The minimum absolute atomic E-state index is 0.00631. The van der Waals surface area contributed by atoms with Gasteiger partial charge in [0.25, 0.3) is 10.0 Å². The van der Waals surface area contributed by atoms with Gasteiger partial charge in [-0.15, -0.1) is 0 Å². The number of fused-ring (bicyclic) bond motifs is 1. The number of nitrogens with zero attached hydrogens (tertiary/aromatic N) is 1. The molecule has 118 valence electrons. The Hall–Kier alpha value is -1.62. The number of benzene rings is 1. The average molecular weight is 318 g/mol. The highest BCUT2D eigenvalue weighted by Crippen LogP contribution is 2.40. The van der Waals surface area contributed by atoms with Gasteiger partial charge in [0, 0.05) is 11.6 Å². The smallest absolute Gasteiger partial charge is 0.200 e. The van der Waals surface area contributed by atoms with E-state index in [-0.39, 0.29) is 10.3 Å². The maximum absolute atomic E-state index is 12.3. The molecular weight excluding hydrogens is 296 g/mol. The zero-order valence-electron chi connectivity index (χ0n) is 13.2. The van der Waals surface area contributed by atoms with Crippen LogP contribution in [0.4, 0.5) is 0 Å². The van der Waals surface area contributed by atoms with E-state index in [0.717, 1.165) is 24.1 Å².